The number of thiophene rings is 1. The van der Waals surface area contributed by atoms with Gasteiger partial charge in [0.1, 0.15) is 11.6 Å². The van der Waals surface area contributed by atoms with Gasteiger partial charge in [-0.3, -0.25) is 18.4 Å². The third kappa shape index (κ3) is 3.48. The molecule has 4 heterocycles. The Balaban J connectivity index is 1.72. The van der Waals surface area contributed by atoms with E-state index in [1.54, 1.807) is 63.8 Å². The van der Waals surface area contributed by atoms with Crippen LogP contribution in [0, 0.1) is 12.7 Å². The van der Waals surface area contributed by atoms with E-state index in [0.29, 0.717) is 22.2 Å². The molecule has 0 spiro atoms. The highest BCUT2D eigenvalue weighted by Gasteiger charge is 2.23. The van der Waals surface area contributed by atoms with Gasteiger partial charge in [0.2, 0.25) is 0 Å². The van der Waals surface area contributed by atoms with Gasteiger partial charge in [-0.2, -0.15) is 5.10 Å². The van der Waals surface area contributed by atoms with E-state index in [1.165, 1.54) is 0 Å². The zero-order valence-corrected chi connectivity index (χ0v) is 22.4. The third-order valence-corrected chi connectivity index (χ3v) is 7.96. The highest BCUT2D eigenvalue weighted by Crippen LogP contribution is 2.37. The molecule has 9 heteroatoms. The summed E-state index contributed by atoms with van der Waals surface area (Å²) in [5.74, 6) is 0.574. The Morgan fingerprint density at radius 3 is 2.43 bits per heavy atom. The van der Waals surface area contributed by atoms with Gasteiger partial charge in [0.05, 0.1) is 34.0 Å². The van der Waals surface area contributed by atoms with Crippen molar-refractivity contribution in [3.05, 3.63) is 74.8 Å². The van der Waals surface area contributed by atoms with Crippen molar-refractivity contribution in [1.82, 2.24) is 28.5 Å². The second-order valence-electron chi connectivity index (χ2n) is 9.84. The lowest BCUT2D eigenvalue weighted by molar-refractivity contribution is 0.632. The highest BCUT2D eigenvalue weighted by molar-refractivity contribution is 7.10. The molecular formula is C28H27FN6OS. The van der Waals surface area contributed by atoms with Crippen LogP contribution in [0.25, 0.3) is 50.3 Å². The average Bonchev–Trinajstić information content (AvgIpc) is 3.62. The summed E-state index contributed by atoms with van der Waals surface area (Å²) in [6, 6.07) is 9.51. The predicted molar refractivity (Wildman–Crippen MR) is 147 cm³/mol. The molecule has 0 atom stereocenters. The Bertz CT molecular complexity index is 1900. The molecule has 0 N–H and O–H groups in total. The first-order chi connectivity index (χ1) is 17.7. The molecule has 6 rings (SSSR count). The number of nitrogens with zero attached hydrogens (tertiary/aromatic N) is 6. The number of hydrogen-bond acceptors (Lipinski definition) is 4. The third-order valence-electron chi connectivity index (χ3n) is 7.11. The first-order valence-electron chi connectivity index (χ1n) is 12.1. The molecule has 0 aliphatic rings. The van der Waals surface area contributed by atoms with Crippen molar-refractivity contribution in [3.63, 3.8) is 0 Å². The molecule has 0 radical (unpaired) electrons. The second kappa shape index (κ2) is 8.27. The SMILES string of the molecule is Cc1sccc1-c1nc2cc(-c3cnn(C)c3)c(F)cc2n1-c1cc(C(C)C)c2c(c1)n(C)c(=O)n2C. The quantitative estimate of drug-likeness (QED) is 0.294. The van der Waals surface area contributed by atoms with Crippen LogP contribution in [-0.4, -0.2) is 28.5 Å². The minimum Gasteiger partial charge on any atom is -0.295 e. The van der Waals surface area contributed by atoms with Crippen molar-refractivity contribution in [2.45, 2.75) is 26.7 Å². The van der Waals surface area contributed by atoms with E-state index in [0.717, 1.165) is 38.5 Å². The Hall–Kier alpha value is -3.98. The van der Waals surface area contributed by atoms with Gasteiger partial charge in [-0.1, -0.05) is 13.8 Å². The van der Waals surface area contributed by atoms with Crippen molar-refractivity contribution in [2.75, 3.05) is 0 Å². The molecule has 0 amide bonds. The van der Waals surface area contributed by atoms with E-state index in [4.69, 9.17) is 4.98 Å². The maximum Gasteiger partial charge on any atom is 0.328 e. The van der Waals surface area contributed by atoms with Crippen LogP contribution in [0.3, 0.4) is 0 Å². The molecular weight excluding hydrogens is 487 g/mol. The number of aryl methyl sites for hydroxylation is 4. The lowest BCUT2D eigenvalue weighted by atomic mass is 10.00. The number of imidazole rings is 2. The van der Waals surface area contributed by atoms with E-state index in [1.807, 2.05) is 23.1 Å². The highest BCUT2D eigenvalue weighted by atomic mass is 32.1. The molecule has 0 bridgehead atoms. The monoisotopic (exact) mass is 514 g/mol. The molecule has 188 valence electrons. The number of halogens is 1. The summed E-state index contributed by atoms with van der Waals surface area (Å²) >= 11 is 1.65. The van der Waals surface area contributed by atoms with Gasteiger partial charge >= 0.3 is 5.69 Å². The molecule has 6 aromatic rings. The fourth-order valence-corrected chi connectivity index (χ4v) is 5.87. The van der Waals surface area contributed by atoms with Gasteiger partial charge in [0.25, 0.3) is 0 Å². The number of fused-ring (bicyclic) bond motifs is 2. The minimum atomic E-state index is -0.340. The van der Waals surface area contributed by atoms with Crippen molar-refractivity contribution in [1.29, 1.82) is 0 Å². The standard InChI is InChI=1S/C28H27FN6OS/c1-15(2)20-9-18(10-25-26(20)34(6)28(36)33(25)5)35-24-12-22(29)21(17-13-30-32(4)14-17)11-23(24)31-27(35)19-7-8-37-16(19)3/h7-15H,1-6H3. The molecule has 37 heavy (non-hydrogen) atoms. The number of hydrogen-bond donors (Lipinski definition) is 0. The first-order valence-corrected chi connectivity index (χ1v) is 13.0. The molecule has 0 saturated carbocycles. The molecule has 2 aromatic carbocycles. The maximum atomic E-state index is 15.6. The van der Waals surface area contributed by atoms with E-state index >= 15 is 4.39 Å². The van der Waals surface area contributed by atoms with Gasteiger partial charge in [0, 0.05) is 55.0 Å². The topological polar surface area (TPSA) is 62.6 Å². The van der Waals surface area contributed by atoms with Crippen LogP contribution in [0.4, 0.5) is 4.39 Å². The largest absolute Gasteiger partial charge is 0.328 e. The van der Waals surface area contributed by atoms with E-state index in [2.05, 4.69) is 38.0 Å². The smallest absolute Gasteiger partial charge is 0.295 e. The molecule has 0 aliphatic carbocycles. The molecule has 0 saturated heterocycles. The molecule has 0 aliphatic heterocycles. The summed E-state index contributed by atoms with van der Waals surface area (Å²) in [4.78, 5) is 19.0. The Kier molecular flexibility index (Phi) is 5.24. The average molecular weight is 515 g/mol. The molecule has 4 aromatic heterocycles. The zero-order valence-electron chi connectivity index (χ0n) is 21.6. The Morgan fingerprint density at radius 2 is 1.78 bits per heavy atom. The van der Waals surface area contributed by atoms with Crippen molar-refractivity contribution >= 4 is 33.4 Å². The minimum absolute atomic E-state index is 0.0781. The van der Waals surface area contributed by atoms with Gasteiger partial charge in [0.15, 0.2) is 0 Å². The van der Waals surface area contributed by atoms with Crippen LogP contribution in [0.1, 0.15) is 30.2 Å². The first kappa shape index (κ1) is 23.4. The predicted octanol–water partition coefficient (Wildman–Crippen LogP) is 5.92. The maximum absolute atomic E-state index is 15.6. The zero-order chi connectivity index (χ0) is 26.2. The fourth-order valence-electron chi connectivity index (χ4n) is 5.18. The van der Waals surface area contributed by atoms with Crippen LogP contribution in [0.15, 0.2) is 52.9 Å². The summed E-state index contributed by atoms with van der Waals surface area (Å²) in [7, 11) is 5.40. The van der Waals surface area contributed by atoms with E-state index in [9.17, 15) is 4.79 Å². The van der Waals surface area contributed by atoms with Crippen LogP contribution in [0.2, 0.25) is 0 Å². The van der Waals surface area contributed by atoms with Crippen LogP contribution in [0.5, 0.6) is 0 Å². The number of aromatic nitrogens is 6. The molecule has 0 unspecified atom stereocenters. The Labute approximate surface area is 217 Å². The summed E-state index contributed by atoms with van der Waals surface area (Å²) in [6.45, 7) is 6.30. The normalized spacial score (nSPS) is 12.0. The molecule has 0 fully saturated rings. The van der Waals surface area contributed by atoms with Crippen molar-refractivity contribution in [2.24, 2.45) is 21.1 Å². The van der Waals surface area contributed by atoms with E-state index < -0.39 is 0 Å². The van der Waals surface area contributed by atoms with Crippen molar-refractivity contribution in [3.8, 4) is 28.2 Å². The van der Waals surface area contributed by atoms with Crippen LogP contribution in [-0.2, 0) is 21.1 Å². The summed E-state index contributed by atoms with van der Waals surface area (Å²) in [6.07, 6.45) is 3.45. The van der Waals surface area contributed by atoms with Gasteiger partial charge in [-0.25, -0.2) is 14.2 Å². The lowest BCUT2D eigenvalue weighted by Crippen LogP contribution is -2.19. The molecule has 7 nitrogen and oxygen atoms in total. The van der Waals surface area contributed by atoms with E-state index in [-0.39, 0.29) is 17.4 Å². The van der Waals surface area contributed by atoms with Gasteiger partial charge < -0.3 is 0 Å². The summed E-state index contributed by atoms with van der Waals surface area (Å²) < 4.78 is 22.6. The summed E-state index contributed by atoms with van der Waals surface area (Å²) in [5.41, 5.74) is 7.07. The van der Waals surface area contributed by atoms with Gasteiger partial charge in [-0.05, 0) is 48.1 Å². The Morgan fingerprint density at radius 1 is 1.00 bits per heavy atom. The van der Waals surface area contributed by atoms with Crippen LogP contribution >= 0.6 is 11.3 Å². The summed E-state index contributed by atoms with van der Waals surface area (Å²) in [5, 5.41) is 6.25. The lowest BCUT2D eigenvalue weighted by Gasteiger charge is -2.15. The number of rotatable bonds is 4. The second-order valence-corrected chi connectivity index (χ2v) is 11.0. The van der Waals surface area contributed by atoms with Crippen LogP contribution < -0.4 is 5.69 Å². The fraction of sp³-hybridized carbons (Fsp3) is 0.250. The van der Waals surface area contributed by atoms with Crippen molar-refractivity contribution < 1.29 is 4.39 Å². The van der Waals surface area contributed by atoms with Gasteiger partial charge in [-0.15, -0.1) is 11.3 Å². The number of benzene rings is 2.